The number of hydrogen-bond acceptors (Lipinski definition) is 5. The zero-order chi connectivity index (χ0) is 16.7. The van der Waals surface area contributed by atoms with Crippen LogP contribution in [0, 0.1) is 0 Å². The highest BCUT2D eigenvalue weighted by molar-refractivity contribution is 6.04. The molecule has 1 aliphatic rings. The standard InChI is InChI=1S/C15H11F3N6/c16-15(17,18)14-22-13-10(12-20-7-8-21-12)1-2-11(24(13)23-14)9-3-5-19-6-4-9/h1-6H,7-8H2,(H,20,21). The highest BCUT2D eigenvalue weighted by atomic mass is 19.4. The summed E-state index contributed by atoms with van der Waals surface area (Å²) in [5, 5.41) is 6.72. The number of alkyl halides is 3. The van der Waals surface area contributed by atoms with Gasteiger partial charge in [0.2, 0.25) is 0 Å². The van der Waals surface area contributed by atoms with E-state index in [1.807, 2.05) is 0 Å². The molecule has 122 valence electrons. The summed E-state index contributed by atoms with van der Waals surface area (Å²) in [7, 11) is 0. The molecule has 3 aromatic heterocycles. The predicted octanol–water partition coefficient (Wildman–Crippen LogP) is 2.16. The first-order chi connectivity index (χ1) is 11.5. The molecular formula is C15H11F3N6. The van der Waals surface area contributed by atoms with Crippen molar-refractivity contribution < 1.29 is 13.2 Å². The first-order valence-corrected chi connectivity index (χ1v) is 7.20. The Balaban J connectivity index is 1.99. The zero-order valence-electron chi connectivity index (χ0n) is 12.2. The molecule has 0 bridgehead atoms. The van der Waals surface area contributed by atoms with Gasteiger partial charge in [0, 0.05) is 24.5 Å². The summed E-state index contributed by atoms with van der Waals surface area (Å²) in [6, 6.07) is 6.82. The molecule has 6 nitrogen and oxygen atoms in total. The third-order valence-corrected chi connectivity index (χ3v) is 3.64. The highest BCUT2D eigenvalue weighted by Gasteiger charge is 2.37. The van der Waals surface area contributed by atoms with Crippen LogP contribution in [0.4, 0.5) is 13.2 Å². The average Bonchev–Trinajstić information content (AvgIpc) is 3.24. The van der Waals surface area contributed by atoms with Gasteiger partial charge in [-0.05, 0) is 24.3 Å². The van der Waals surface area contributed by atoms with Crippen molar-refractivity contribution in [3.05, 3.63) is 48.0 Å². The number of nitrogens with one attached hydrogen (secondary N) is 1. The summed E-state index contributed by atoms with van der Waals surface area (Å²) in [6.45, 7) is 1.22. The van der Waals surface area contributed by atoms with E-state index >= 15 is 0 Å². The topological polar surface area (TPSA) is 67.5 Å². The number of fused-ring (bicyclic) bond motifs is 1. The molecule has 9 heteroatoms. The lowest BCUT2D eigenvalue weighted by molar-refractivity contribution is -0.144. The number of hydrogen-bond donors (Lipinski definition) is 1. The summed E-state index contributed by atoms with van der Waals surface area (Å²) in [5.41, 5.74) is 1.80. The number of aliphatic imine (C=N–C) groups is 1. The van der Waals surface area contributed by atoms with Crippen LogP contribution in [0.1, 0.15) is 11.4 Å². The van der Waals surface area contributed by atoms with Crippen molar-refractivity contribution in [2.45, 2.75) is 6.18 Å². The van der Waals surface area contributed by atoms with E-state index in [2.05, 4.69) is 25.4 Å². The second-order valence-corrected chi connectivity index (χ2v) is 5.19. The molecule has 1 N–H and O–H groups in total. The van der Waals surface area contributed by atoms with Gasteiger partial charge in [-0.1, -0.05) is 0 Å². The van der Waals surface area contributed by atoms with Gasteiger partial charge in [-0.2, -0.15) is 13.2 Å². The van der Waals surface area contributed by atoms with E-state index in [0.717, 1.165) is 0 Å². The minimum Gasteiger partial charge on any atom is -0.368 e. The van der Waals surface area contributed by atoms with Crippen molar-refractivity contribution in [3.8, 4) is 11.3 Å². The Hall–Kier alpha value is -2.97. The molecule has 0 radical (unpaired) electrons. The summed E-state index contributed by atoms with van der Waals surface area (Å²) in [5.74, 6) is -0.647. The molecule has 0 saturated carbocycles. The lowest BCUT2D eigenvalue weighted by Gasteiger charge is -2.08. The molecule has 0 spiro atoms. The fourth-order valence-electron chi connectivity index (χ4n) is 2.59. The first-order valence-electron chi connectivity index (χ1n) is 7.20. The lowest BCUT2D eigenvalue weighted by Crippen LogP contribution is -2.20. The monoisotopic (exact) mass is 332 g/mol. The Morgan fingerprint density at radius 3 is 2.54 bits per heavy atom. The van der Waals surface area contributed by atoms with Crippen LogP contribution in [0.5, 0.6) is 0 Å². The van der Waals surface area contributed by atoms with Crippen LogP contribution in [0.3, 0.4) is 0 Å². The molecule has 0 aromatic carbocycles. The smallest absolute Gasteiger partial charge is 0.368 e. The van der Waals surface area contributed by atoms with Gasteiger partial charge in [0.1, 0.15) is 5.84 Å². The van der Waals surface area contributed by atoms with E-state index in [1.165, 1.54) is 4.52 Å². The molecule has 3 aromatic rings. The average molecular weight is 332 g/mol. The number of amidine groups is 1. The highest BCUT2D eigenvalue weighted by Crippen LogP contribution is 2.29. The van der Waals surface area contributed by atoms with Crippen molar-refractivity contribution in [2.24, 2.45) is 4.99 Å². The molecule has 0 atom stereocenters. The van der Waals surface area contributed by atoms with Crippen molar-refractivity contribution in [1.82, 2.24) is 24.9 Å². The van der Waals surface area contributed by atoms with Gasteiger partial charge in [0.15, 0.2) is 5.65 Å². The van der Waals surface area contributed by atoms with E-state index in [9.17, 15) is 13.2 Å². The lowest BCUT2D eigenvalue weighted by atomic mass is 10.1. The minimum atomic E-state index is -4.62. The molecular weight excluding hydrogens is 321 g/mol. The maximum Gasteiger partial charge on any atom is 0.453 e. The van der Waals surface area contributed by atoms with Crippen molar-refractivity contribution in [2.75, 3.05) is 13.1 Å². The summed E-state index contributed by atoms with van der Waals surface area (Å²) < 4.78 is 40.4. The minimum absolute atomic E-state index is 0.116. The van der Waals surface area contributed by atoms with Gasteiger partial charge < -0.3 is 5.32 Å². The Morgan fingerprint density at radius 1 is 1.08 bits per heavy atom. The Labute approximate surface area is 134 Å². The third-order valence-electron chi connectivity index (χ3n) is 3.64. The van der Waals surface area contributed by atoms with Crippen LogP contribution in [-0.2, 0) is 6.18 Å². The molecule has 0 fully saturated rings. The molecule has 0 saturated heterocycles. The third kappa shape index (κ3) is 2.38. The van der Waals surface area contributed by atoms with E-state index in [-0.39, 0.29) is 5.65 Å². The summed E-state index contributed by atoms with van der Waals surface area (Å²) in [6.07, 6.45) is -1.48. The van der Waals surface area contributed by atoms with Crippen LogP contribution in [0.2, 0.25) is 0 Å². The van der Waals surface area contributed by atoms with Crippen molar-refractivity contribution >= 4 is 11.5 Å². The number of rotatable bonds is 2. The second-order valence-electron chi connectivity index (χ2n) is 5.19. The largest absolute Gasteiger partial charge is 0.453 e. The van der Waals surface area contributed by atoms with Crippen LogP contribution in [0.25, 0.3) is 16.9 Å². The first kappa shape index (κ1) is 14.6. The molecule has 0 unspecified atom stereocenters. The predicted molar refractivity (Wildman–Crippen MR) is 80.6 cm³/mol. The van der Waals surface area contributed by atoms with Crippen LogP contribution in [-0.4, -0.2) is 38.5 Å². The Kier molecular flexibility index (Phi) is 3.22. The van der Waals surface area contributed by atoms with Gasteiger partial charge in [-0.25, -0.2) is 9.50 Å². The van der Waals surface area contributed by atoms with Crippen LogP contribution < -0.4 is 5.32 Å². The summed E-state index contributed by atoms with van der Waals surface area (Å²) >= 11 is 0. The summed E-state index contributed by atoms with van der Waals surface area (Å²) in [4.78, 5) is 11.9. The molecule has 0 amide bonds. The van der Waals surface area contributed by atoms with E-state index in [1.54, 1.807) is 36.7 Å². The zero-order valence-corrected chi connectivity index (χ0v) is 12.2. The van der Waals surface area contributed by atoms with Crippen LogP contribution in [0.15, 0.2) is 41.7 Å². The normalized spacial score (nSPS) is 14.7. The number of halogens is 3. The fourth-order valence-corrected chi connectivity index (χ4v) is 2.59. The maximum atomic E-state index is 13.1. The van der Waals surface area contributed by atoms with Gasteiger partial charge in [0.05, 0.1) is 17.8 Å². The van der Waals surface area contributed by atoms with Gasteiger partial charge in [0.25, 0.3) is 5.82 Å². The quantitative estimate of drug-likeness (QED) is 0.781. The Bertz CT molecular complexity index is 930. The van der Waals surface area contributed by atoms with E-state index < -0.39 is 12.0 Å². The molecule has 24 heavy (non-hydrogen) atoms. The van der Waals surface area contributed by atoms with Gasteiger partial charge >= 0.3 is 6.18 Å². The molecule has 1 aliphatic heterocycles. The molecule has 4 heterocycles. The van der Waals surface area contributed by atoms with Crippen LogP contribution >= 0.6 is 0 Å². The number of pyridine rings is 2. The SMILES string of the molecule is FC(F)(F)c1nc2c(C3=NCCN3)ccc(-c3ccncc3)n2n1. The Morgan fingerprint density at radius 2 is 1.88 bits per heavy atom. The number of aromatic nitrogens is 4. The van der Waals surface area contributed by atoms with Crippen molar-refractivity contribution in [3.63, 3.8) is 0 Å². The van der Waals surface area contributed by atoms with Gasteiger partial charge in [-0.3, -0.25) is 9.98 Å². The molecule has 4 rings (SSSR count). The second kappa shape index (κ2) is 5.29. The fraction of sp³-hybridized carbons (Fsp3) is 0.200. The van der Waals surface area contributed by atoms with E-state index in [4.69, 9.17) is 0 Å². The molecule has 0 aliphatic carbocycles. The maximum absolute atomic E-state index is 13.1. The van der Waals surface area contributed by atoms with Gasteiger partial charge in [-0.15, -0.1) is 5.10 Å². The number of nitrogens with zero attached hydrogens (tertiary/aromatic N) is 5. The van der Waals surface area contributed by atoms with E-state index in [0.29, 0.717) is 35.7 Å². The van der Waals surface area contributed by atoms with Crippen molar-refractivity contribution in [1.29, 1.82) is 0 Å².